The minimum absolute atomic E-state index is 0.0104. The lowest BCUT2D eigenvalue weighted by atomic mass is 9.98. The molecule has 0 amide bonds. The Balaban J connectivity index is 3.12. The van der Waals surface area contributed by atoms with Crippen LogP contribution in [-0.4, -0.2) is 6.29 Å². The maximum atomic E-state index is 12.5. The summed E-state index contributed by atoms with van der Waals surface area (Å²) < 4.78 is 25.0. The number of halogens is 2. The van der Waals surface area contributed by atoms with Crippen LogP contribution in [0.5, 0.6) is 0 Å². The molecule has 0 aromatic heterocycles. The van der Waals surface area contributed by atoms with Crippen molar-refractivity contribution >= 4 is 6.29 Å². The van der Waals surface area contributed by atoms with Gasteiger partial charge in [-0.3, -0.25) is 0 Å². The van der Waals surface area contributed by atoms with Gasteiger partial charge in [-0.1, -0.05) is 19.1 Å². The van der Waals surface area contributed by atoms with Crippen LogP contribution in [-0.2, 0) is 4.79 Å². The molecule has 0 saturated heterocycles. The summed E-state index contributed by atoms with van der Waals surface area (Å²) in [6.07, 6.45) is -1.73. The van der Waals surface area contributed by atoms with Crippen LogP contribution in [0.3, 0.4) is 0 Å². The van der Waals surface area contributed by atoms with Crippen molar-refractivity contribution in [1.29, 1.82) is 0 Å². The minimum Gasteiger partial charge on any atom is -0.303 e. The summed E-state index contributed by atoms with van der Waals surface area (Å²) in [5, 5.41) is 0. The summed E-state index contributed by atoms with van der Waals surface area (Å²) in [6, 6.07) is 4.73. The molecule has 0 heterocycles. The van der Waals surface area contributed by atoms with Crippen molar-refractivity contribution in [3.8, 4) is 0 Å². The maximum absolute atomic E-state index is 12.5. The van der Waals surface area contributed by atoms with Gasteiger partial charge >= 0.3 is 0 Å². The van der Waals surface area contributed by atoms with Crippen LogP contribution in [0.15, 0.2) is 18.2 Å². The van der Waals surface area contributed by atoms with E-state index in [1.165, 1.54) is 6.07 Å². The van der Waals surface area contributed by atoms with Crippen LogP contribution < -0.4 is 0 Å². The Labute approximate surface area is 81.7 Å². The molecule has 1 rings (SSSR count). The predicted octanol–water partition coefficient (Wildman–Crippen LogP) is 3.24. The lowest BCUT2D eigenvalue weighted by molar-refractivity contribution is -0.108. The molecule has 0 bridgehead atoms. The molecule has 0 fully saturated rings. The van der Waals surface area contributed by atoms with Gasteiger partial charge in [0.25, 0.3) is 6.43 Å². The number of carbonyl (C=O) groups excluding carboxylic acids is 1. The number of carbonyl (C=O) groups is 1. The van der Waals surface area contributed by atoms with Gasteiger partial charge in [-0.2, -0.15) is 0 Å². The van der Waals surface area contributed by atoms with E-state index in [-0.39, 0.29) is 11.5 Å². The summed E-state index contributed by atoms with van der Waals surface area (Å²) in [7, 11) is 0. The fourth-order valence-electron chi connectivity index (χ4n) is 1.26. The third-order valence-corrected chi connectivity index (χ3v) is 2.27. The monoisotopic (exact) mass is 198 g/mol. The second-order valence-electron chi connectivity index (χ2n) is 3.34. The molecule has 1 unspecified atom stereocenters. The third kappa shape index (κ3) is 2.16. The van der Waals surface area contributed by atoms with Crippen molar-refractivity contribution in [2.45, 2.75) is 26.2 Å². The summed E-state index contributed by atoms with van der Waals surface area (Å²) >= 11 is 0. The molecule has 0 aliphatic heterocycles. The van der Waals surface area contributed by atoms with Gasteiger partial charge in [-0.05, 0) is 24.1 Å². The molecule has 1 atom stereocenters. The maximum Gasteiger partial charge on any atom is 0.264 e. The van der Waals surface area contributed by atoms with E-state index in [0.717, 1.165) is 6.29 Å². The summed E-state index contributed by atoms with van der Waals surface area (Å²) in [5.74, 6) is -0.326. The summed E-state index contributed by atoms with van der Waals surface area (Å²) in [6.45, 7) is 3.32. The van der Waals surface area contributed by atoms with E-state index in [2.05, 4.69) is 0 Å². The average Bonchev–Trinajstić information content (AvgIpc) is 2.17. The number of alkyl halides is 2. The summed E-state index contributed by atoms with van der Waals surface area (Å²) in [4.78, 5) is 10.5. The van der Waals surface area contributed by atoms with E-state index in [1.54, 1.807) is 26.0 Å². The second kappa shape index (κ2) is 4.31. The smallest absolute Gasteiger partial charge is 0.264 e. The first kappa shape index (κ1) is 10.8. The standard InChI is InChI=1S/C11H12F2O/c1-7-3-4-9(8(2)6-14)5-10(7)11(12)13/h3-6,8,11H,1-2H3. The number of hydrogen-bond acceptors (Lipinski definition) is 1. The Morgan fingerprint density at radius 3 is 2.50 bits per heavy atom. The van der Waals surface area contributed by atoms with Gasteiger partial charge in [0.05, 0.1) is 0 Å². The predicted molar refractivity (Wildman–Crippen MR) is 50.6 cm³/mol. The first-order chi connectivity index (χ1) is 6.56. The lowest BCUT2D eigenvalue weighted by Crippen LogP contribution is -1.98. The molecule has 0 N–H and O–H groups in total. The van der Waals surface area contributed by atoms with Gasteiger partial charge in [0, 0.05) is 11.5 Å². The largest absolute Gasteiger partial charge is 0.303 e. The lowest BCUT2D eigenvalue weighted by Gasteiger charge is -2.09. The SMILES string of the molecule is Cc1ccc(C(C)C=O)cc1C(F)F. The quantitative estimate of drug-likeness (QED) is 0.681. The van der Waals surface area contributed by atoms with E-state index in [0.29, 0.717) is 11.1 Å². The molecule has 0 saturated carbocycles. The third-order valence-electron chi connectivity index (χ3n) is 2.27. The molecular weight excluding hydrogens is 186 g/mol. The zero-order valence-corrected chi connectivity index (χ0v) is 8.13. The van der Waals surface area contributed by atoms with Crippen molar-refractivity contribution in [1.82, 2.24) is 0 Å². The highest BCUT2D eigenvalue weighted by molar-refractivity contribution is 5.61. The van der Waals surface area contributed by atoms with E-state index < -0.39 is 6.43 Å². The van der Waals surface area contributed by atoms with Gasteiger partial charge in [-0.25, -0.2) is 8.78 Å². The van der Waals surface area contributed by atoms with Crippen LogP contribution in [0, 0.1) is 6.92 Å². The fourth-order valence-corrected chi connectivity index (χ4v) is 1.26. The van der Waals surface area contributed by atoms with E-state index in [4.69, 9.17) is 0 Å². The van der Waals surface area contributed by atoms with E-state index >= 15 is 0 Å². The van der Waals surface area contributed by atoms with Crippen LogP contribution in [0.1, 0.15) is 36.0 Å². The topological polar surface area (TPSA) is 17.1 Å². The number of aryl methyl sites for hydroxylation is 1. The van der Waals surface area contributed by atoms with Gasteiger partial charge in [0.15, 0.2) is 0 Å². The van der Waals surface area contributed by atoms with Crippen molar-refractivity contribution in [2.24, 2.45) is 0 Å². The van der Waals surface area contributed by atoms with E-state index in [1.807, 2.05) is 0 Å². The molecule has 0 aliphatic rings. The second-order valence-corrected chi connectivity index (χ2v) is 3.34. The van der Waals surface area contributed by atoms with Crippen LogP contribution in [0.2, 0.25) is 0 Å². The van der Waals surface area contributed by atoms with Crippen molar-refractivity contribution in [2.75, 3.05) is 0 Å². The average molecular weight is 198 g/mol. The summed E-state index contributed by atoms with van der Waals surface area (Å²) in [5.41, 5.74) is 1.21. The fraction of sp³-hybridized carbons (Fsp3) is 0.364. The Morgan fingerprint density at radius 2 is 2.00 bits per heavy atom. The van der Waals surface area contributed by atoms with Crippen LogP contribution in [0.25, 0.3) is 0 Å². The van der Waals surface area contributed by atoms with Gasteiger partial charge < -0.3 is 4.79 Å². The van der Waals surface area contributed by atoms with Crippen LogP contribution in [0.4, 0.5) is 8.78 Å². The van der Waals surface area contributed by atoms with Gasteiger partial charge in [0.1, 0.15) is 6.29 Å². The van der Waals surface area contributed by atoms with Gasteiger partial charge in [0.2, 0.25) is 0 Å². The first-order valence-electron chi connectivity index (χ1n) is 4.40. The number of hydrogen-bond donors (Lipinski definition) is 0. The Bertz CT molecular complexity index is 334. The molecule has 1 aromatic carbocycles. The number of rotatable bonds is 3. The van der Waals surface area contributed by atoms with Crippen molar-refractivity contribution < 1.29 is 13.6 Å². The van der Waals surface area contributed by atoms with E-state index in [9.17, 15) is 13.6 Å². The zero-order chi connectivity index (χ0) is 10.7. The molecular formula is C11H12F2O. The highest BCUT2D eigenvalue weighted by Gasteiger charge is 2.13. The molecule has 1 aromatic rings. The molecule has 1 nitrogen and oxygen atoms in total. The molecule has 0 radical (unpaired) electrons. The highest BCUT2D eigenvalue weighted by atomic mass is 19.3. The normalized spacial score (nSPS) is 12.9. The molecule has 14 heavy (non-hydrogen) atoms. The highest BCUT2D eigenvalue weighted by Crippen LogP contribution is 2.25. The number of benzene rings is 1. The first-order valence-corrected chi connectivity index (χ1v) is 4.40. The zero-order valence-electron chi connectivity index (χ0n) is 8.13. The van der Waals surface area contributed by atoms with Crippen molar-refractivity contribution in [3.63, 3.8) is 0 Å². The minimum atomic E-state index is -2.48. The molecule has 76 valence electrons. The van der Waals surface area contributed by atoms with Crippen molar-refractivity contribution in [3.05, 3.63) is 34.9 Å². The Morgan fingerprint density at radius 1 is 1.36 bits per heavy atom. The molecule has 0 aliphatic carbocycles. The van der Waals surface area contributed by atoms with Gasteiger partial charge in [-0.15, -0.1) is 0 Å². The Kier molecular flexibility index (Phi) is 3.33. The molecule has 0 spiro atoms. The van der Waals surface area contributed by atoms with Crippen LogP contribution >= 0.6 is 0 Å². The Hall–Kier alpha value is -1.25. The molecule has 3 heteroatoms. The number of aldehydes is 1.